The molecule has 3 nitrogen and oxygen atoms in total. The third-order valence-electron chi connectivity index (χ3n) is 2.36. The highest BCUT2D eigenvalue weighted by Crippen LogP contribution is 2.03. The Labute approximate surface area is 104 Å². The maximum atomic E-state index is 11.2. The Kier molecular flexibility index (Phi) is 10.6. The highest BCUT2D eigenvalue weighted by molar-refractivity contribution is 5.89. The molecule has 0 spiro atoms. The van der Waals surface area contributed by atoms with Crippen LogP contribution < -0.4 is 0 Å². The lowest BCUT2D eigenvalue weighted by atomic mass is 10.2. The normalized spacial score (nSPS) is 12.5. The Morgan fingerprint density at radius 3 is 2.71 bits per heavy atom. The second-order valence-corrected chi connectivity index (χ2v) is 4.05. The van der Waals surface area contributed by atoms with Gasteiger partial charge in [0.25, 0.3) is 0 Å². The first kappa shape index (κ1) is 15.9. The van der Waals surface area contributed by atoms with Crippen LogP contribution in [0.25, 0.3) is 0 Å². The van der Waals surface area contributed by atoms with E-state index < -0.39 is 6.10 Å². The molecule has 3 heteroatoms. The second-order valence-electron chi connectivity index (χ2n) is 4.05. The first-order valence-corrected chi connectivity index (χ1v) is 6.45. The Balaban J connectivity index is 3.75. The molecule has 0 aromatic rings. The van der Waals surface area contributed by atoms with Gasteiger partial charge in [0.1, 0.15) is 6.10 Å². The molecule has 0 aromatic heterocycles. The molecule has 0 aliphatic carbocycles. The van der Waals surface area contributed by atoms with E-state index in [0.717, 1.165) is 25.7 Å². The average molecular weight is 237 g/mol. The molecular formula is C14H23NO2. The lowest BCUT2D eigenvalue weighted by Gasteiger charge is -2.07. The van der Waals surface area contributed by atoms with Crippen LogP contribution in [0.4, 0.5) is 0 Å². The van der Waals surface area contributed by atoms with Crippen molar-refractivity contribution in [2.75, 3.05) is 6.61 Å². The van der Waals surface area contributed by atoms with Gasteiger partial charge in [0.05, 0.1) is 6.07 Å². The van der Waals surface area contributed by atoms with Gasteiger partial charge in [0.2, 0.25) is 0 Å². The summed E-state index contributed by atoms with van der Waals surface area (Å²) >= 11 is 0. The minimum Gasteiger partial charge on any atom is -0.363 e. The Morgan fingerprint density at radius 2 is 2.12 bits per heavy atom. The van der Waals surface area contributed by atoms with Crippen LogP contribution in [-0.4, -0.2) is 18.5 Å². The number of allylic oxidation sites excluding steroid dienone is 1. The summed E-state index contributed by atoms with van der Waals surface area (Å²) in [7, 11) is 0. The van der Waals surface area contributed by atoms with Gasteiger partial charge in [-0.3, -0.25) is 4.79 Å². The molecule has 1 unspecified atom stereocenters. The summed E-state index contributed by atoms with van der Waals surface area (Å²) in [5.74, 6) is 0.121. The third-order valence-corrected chi connectivity index (χ3v) is 2.36. The lowest BCUT2D eigenvalue weighted by Crippen LogP contribution is -2.10. The molecular weight excluding hydrogens is 214 g/mol. The quantitative estimate of drug-likeness (QED) is 0.432. The van der Waals surface area contributed by atoms with E-state index in [-0.39, 0.29) is 5.78 Å². The van der Waals surface area contributed by atoms with E-state index in [9.17, 15) is 4.79 Å². The largest absolute Gasteiger partial charge is 0.363 e. The fourth-order valence-electron chi connectivity index (χ4n) is 1.39. The van der Waals surface area contributed by atoms with E-state index in [2.05, 4.69) is 13.0 Å². The number of hydrogen-bond acceptors (Lipinski definition) is 3. The zero-order valence-corrected chi connectivity index (χ0v) is 10.9. The lowest BCUT2D eigenvalue weighted by molar-refractivity contribution is -0.114. The Bertz CT molecular complexity index is 266. The molecule has 0 aliphatic rings. The third kappa shape index (κ3) is 9.77. The van der Waals surface area contributed by atoms with E-state index in [0.29, 0.717) is 19.4 Å². The number of rotatable bonds is 10. The molecule has 96 valence electrons. The molecule has 0 saturated carbocycles. The molecule has 0 fully saturated rings. The second kappa shape index (κ2) is 11.3. The van der Waals surface area contributed by atoms with Gasteiger partial charge in [0.15, 0.2) is 5.78 Å². The van der Waals surface area contributed by atoms with E-state index in [1.165, 1.54) is 0 Å². The maximum Gasteiger partial charge on any atom is 0.155 e. The fourth-order valence-corrected chi connectivity index (χ4v) is 1.39. The number of carbonyl (C=O) groups excluding carboxylic acids is 1. The Morgan fingerprint density at radius 1 is 1.35 bits per heavy atom. The molecule has 0 bridgehead atoms. The van der Waals surface area contributed by atoms with Gasteiger partial charge in [-0.25, -0.2) is 0 Å². The predicted octanol–water partition coefficient (Wildman–Crippen LogP) is 3.40. The number of ketones is 1. The standard InChI is InChI=1S/C14H23NO2/c1-3-5-6-11-17-14(12-15)10-7-9-13(16)8-4-2/h7,9,14H,3-6,8,10-11H2,1-2H3. The highest BCUT2D eigenvalue weighted by atomic mass is 16.5. The molecule has 0 N–H and O–H groups in total. The van der Waals surface area contributed by atoms with Crippen molar-refractivity contribution in [1.82, 2.24) is 0 Å². The van der Waals surface area contributed by atoms with Gasteiger partial charge >= 0.3 is 0 Å². The van der Waals surface area contributed by atoms with Crippen molar-refractivity contribution in [3.63, 3.8) is 0 Å². The summed E-state index contributed by atoms with van der Waals surface area (Å²) in [6, 6.07) is 2.10. The zero-order valence-electron chi connectivity index (χ0n) is 10.9. The average Bonchev–Trinajstić information content (AvgIpc) is 2.32. The van der Waals surface area contributed by atoms with Crippen LogP contribution in [0.1, 0.15) is 52.4 Å². The SMILES string of the molecule is CCCCCOC(C#N)CC=CC(=O)CCC. The van der Waals surface area contributed by atoms with Crippen LogP contribution >= 0.6 is 0 Å². The van der Waals surface area contributed by atoms with Crippen molar-refractivity contribution >= 4 is 5.78 Å². The first-order valence-electron chi connectivity index (χ1n) is 6.45. The van der Waals surface area contributed by atoms with Crippen LogP contribution in [0.3, 0.4) is 0 Å². The monoisotopic (exact) mass is 237 g/mol. The molecule has 0 rings (SSSR count). The van der Waals surface area contributed by atoms with Crippen molar-refractivity contribution < 1.29 is 9.53 Å². The van der Waals surface area contributed by atoms with Crippen LogP contribution in [0.5, 0.6) is 0 Å². The molecule has 17 heavy (non-hydrogen) atoms. The van der Waals surface area contributed by atoms with Crippen molar-refractivity contribution in [3.05, 3.63) is 12.2 Å². The van der Waals surface area contributed by atoms with Crippen molar-refractivity contribution in [3.8, 4) is 6.07 Å². The van der Waals surface area contributed by atoms with Crippen LogP contribution in [0, 0.1) is 11.3 Å². The number of nitrogens with zero attached hydrogens (tertiary/aromatic N) is 1. The topological polar surface area (TPSA) is 50.1 Å². The van der Waals surface area contributed by atoms with Gasteiger partial charge in [-0.2, -0.15) is 5.26 Å². The van der Waals surface area contributed by atoms with E-state index in [1.54, 1.807) is 12.2 Å². The smallest absolute Gasteiger partial charge is 0.155 e. The predicted molar refractivity (Wildman–Crippen MR) is 68.6 cm³/mol. The molecule has 0 radical (unpaired) electrons. The molecule has 0 saturated heterocycles. The number of unbranched alkanes of at least 4 members (excludes halogenated alkanes) is 2. The summed E-state index contributed by atoms with van der Waals surface area (Å²) in [5.41, 5.74) is 0. The number of nitriles is 1. The van der Waals surface area contributed by atoms with Crippen molar-refractivity contribution in [2.45, 2.75) is 58.5 Å². The summed E-state index contributed by atoms with van der Waals surface area (Å²) < 4.78 is 5.41. The van der Waals surface area contributed by atoms with Gasteiger partial charge < -0.3 is 4.74 Å². The van der Waals surface area contributed by atoms with E-state index in [1.807, 2.05) is 6.92 Å². The van der Waals surface area contributed by atoms with Crippen LogP contribution in [0.2, 0.25) is 0 Å². The number of ether oxygens (including phenoxy) is 1. The van der Waals surface area contributed by atoms with Crippen molar-refractivity contribution in [2.24, 2.45) is 0 Å². The molecule has 0 aliphatic heterocycles. The number of carbonyl (C=O) groups is 1. The molecule has 0 aromatic carbocycles. The summed E-state index contributed by atoms with van der Waals surface area (Å²) in [6.07, 6.45) is 8.08. The van der Waals surface area contributed by atoms with Gasteiger partial charge in [-0.1, -0.05) is 32.8 Å². The van der Waals surface area contributed by atoms with Gasteiger partial charge in [-0.05, 0) is 18.9 Å². The minimum atomic E-state index is -0.419. The van der Waals surface area contributed by atoms with Crippen LogP contribution in [-0.2, 0) is 9.53 Å². The Hall–Kier alpha value is -1.14. The van der Waals surface area contributed by atoms with E-state index in [4.69, 9.17) is 10.00 Å². The molecule has 1 atom stereocenters. The summed E-state index contributed by atoms with van der Waals surface area (Å²) in [6.45, 7) is 4.73. The molecule has 0 heterocycles. The summed E-state index contributed by atoms with van der Waals surface area (Å²) in [5, 5.41) is 8.86. The van der Waals surface area contributed by atoms with Crippen molar-refractivity contribution in [1.29, 1.82) is 5.26 Å². The highest BCUT2D eigenvalue weighted by Gasteiger charge is 2.04. The van der Waals surface area contributed by atoms with E-state index >= 15 is 0 Å². The number of hydrogen-bond donors (Lipinski definition) is 0. The van der Waals surface area contributed by atoms with Gasteiger partial charge in [0, 0.05) is 19.4 Å². The van der Waals surface area contributed by atoms with Crippen LogP contribution in [0.15, 0.2) is 12.2 Å². The first-order chi connectivity index (χ1) is 8.24. The maximum absolute atomic E-state index is 11.2. The minimum absolute atomic E-state index is 0.121. The fraction of sp³-hybridized carbons (Fsp3) is 0.714. The van der Waals surface area contributed by atoms with Gasteiger partial charge in [-0.15, -0.1) is 0 Å². The summed E-state index contributed by atoms with van der Waals surface area (Å²) in [4.78, 5) is 11.2. The molecule has 0 amide bonds. The zero-order chi connectivity index (χ0) is 12.9.